The van der Waals surface area contributed by atoms with Crippen molar-refractivity contribution in [1.29, 1.82) is 0 Å². The lowest BCUT2D eigenvalue weighted by Crippen LogP contribution is -2.52. The molecule has 0 unspecified atom stereocenters. The van der Waals surface area contributed by atoms with E-state index in [1.54, 1.807) is 6.92 Å². The van der Waals surface area contributed by atoms with Crippen molar-refractivity contribution in [2.24, 2.45) is 0 Å². The highest BCUT2D eigenvalue weighted by Crippen LogP contribution is 2.27. The van der Waals surface area contributed by atoms with Gasteiger partial charge >= 0.3 is 0 Å². The molecule has 0 spiro atoms. The van der Waals surface area contributed by atoms with E-state index in [1.165, 1.54) is 23.1 Å². The number of carbonyl (C=O) groups excluding carboxylic acids is 2. The van der Waals surface area contributed by atoms with Crippen molar-refractivity contribution in [1.82, 2.24) is 10.2 Å². The Kier molecular flexibility index (Phi) is 9.79. The number of hydrogen-bond acceptors (Lipinski definition) is 4. The molecule has 2 aromatic carbocycles. The summed E-state index contributed by atoms with van der Waals surface area (Å²) in [4.78, 5) is 27.8. The van der Waals surface area contributed by atoms with Gasteiger partial charge in [-0.05, 0) is 51.0 Å². The van der Waals surface area contributed by atoms with E-state index in [0.717, 1.165) is 28.1 Å². The standard InChI is InChI=1S/C24H31Cl2N3O4S/c1-6-17(3)27-24(31)18(4)28(14-19-9-7-8-16(2)10-19)23(30)15-29(34(5,32)33)22-12-20(25)11-21(26)13-22/h7-13,17-18H,6,14-15H2,1-5H3,(H,27,31)/t17-,18+/m1/s1. The summed E-state index contributed by atoms with van der Waals surface area (Å²) < 4.78 is 26.1. The Labute approximate surface area is 212 Å². The summed E-state index contributed by atoms with van der Waals surface area (Å²) in [7, 11) is -3.86. The molecule has 0 fully saturated rings. The van der Waals surface area contributed by atoms with Crippen LogP contribution in [0, 0.1) is 6.92 Å². The number of hydrogen-bond donors (Lipinski definition) is 1. The molecule has 1 N–H and O–H groups in total. The zero-order valence-corrected chi connectivity index (χ0v) is 22.3. The number of benzene rings is 2. The van der Waals surface area contributed by atoms with Crippen LogP contribution in [-0.4, -0.2) is 50.0 Å². The van der Waals surface area contributed by atoms with Crippen LogP contribution in [0.25, 0.3) is 0 Å². The Balaban J connectivity index is 2.42. The number of anilines is 1. The molecular formula is C24H31Cl2N3O4S. The van der Waals surface area contributed by atoms with Crippen molar-refractivity contribution in [2.75, 3.05) is 17.1 Å². The van der Waals surface area contributed by atoms with Crippen LogP contribution in [0.3, 0.4) is 0 Å². The molecule has 0 aliphatic rings. The minimum atomic E-state index is -3.86. The van der Waals surface area contributed by atoms with Gasteiger partial charge in [0.15, 0.2) is 0 Å². The molecule has 34 heavy (non-hydrogen) atoms. The smallest absolute Gasteiger partial charge is 0.244 e. The molecule has 0 aliphatic heterocycles. The molecule has 0 bridgehead atoms. The summed E-state index contributed by atoms with van der Waals surface area (Å²) in [5.74, 6) is -0.845. The van der Waals surface area contributed by atoms with Crippen LogP contribution in [-0.2, 0) is 26.2 Å². The van der Waals surface area contributed by atoms with Crippen molar-refractivity contribution in [3.8, 4) is 0 Å². The Morgan fingerprint density at radius 1 is 1.06 bits per heavy atom. The van der Waals surface area contributed by atoms with Crippen molar-refractivity contribution < 1.29 is 18.0 Å². The number of carbonyl (C=O) groups is 2. The van der Waals surface area contributed by atoms with Crippen molar-refractivity contribution in [3.63, 3.8) is 0 Å². The SMILES string of the molecule is CC[C@@H](C)NC(=O)[C@H](C)N(Cc1cccc(C)c1)C(=O)CN(c1cc(Cl)cc(Cl)c1)S(C)(=O)=O. The topological polar surface area (TPSA) is 86.8 Å². The van der Waals surface area contributed by atoms with Gasteiger partial charge < -0.3 is 10.2 Å². The lowest BCUT2D eigenvalue weighted by atomic mass is 10.1. The number of halogens is 2. The number of nitrogens with one attached hydrogen (secondary N) is 1. The van der Waals surface area contributed by atoms with Crippen LogP contribution in [0.1, 0.15) is 38.3 Å². The van der Waals surface area contributed by atoms with Crippen LogP contribution in [0.2, 0.25) is 10.0 Å². The second kappa shape index (κ2) is 11.9. The predicted molar refractivity (Wildman–Crippen MR) is 138 cm³/mol. The quantitative estimate of drug-likeness (QED) is 0.495. The van der Waals surface area contributed by atoms with Gasteiger partial charge in [-0.25, -0.2) is 8.42 Å². The molecule has 2 aromatic rings. The van der Waals surface area contributed by atoms with E-state index in [2.05, 4.69) is 5.32 Å². The second-order valence-electron chi connectivity index (χ2n) is 8.40. The summed E-state index contributed by atoms with van der Waals surface area (Å²) in [6.07, 6.45) is 1.74. The first-order valence-electron chi connectivity index (χ1n) is 10.9. The van der Waals surface area contributed by atoms with Crippen LogP contribution < -0.4 is 9.62 Å². The Bertz CT molecular complexity index is 1120. The molecule has 186 valence electrons. The molecule has 7 nitrogen and oxygen atoms in total. The molecule has 10 heteroatoms. The van der Waals surface area contributed by atoms with Gasteiger partial charge in [0, 0.05) is 22.6 Å². The Hall–Kier alpha value is -2.29. The number of aryl methyl sites for hydroxylation is 1. The average molecular weight is 529 g/mol. The molecule has 2 rings (SSSR count). The van der Waals surface area contributed by atoms with E-state index in [0.29, 0.717) is 0 Å². The van der Waals surface area contributed by atoms with Gasteiger partial charge in [0.05, 0.1) is 11.9 Å². The fraction of sp³-hybridized carbons (Fsp3) is 0.417. The summed E-state index contributed by atoms with van der Waals surface area (Å²) in [5.41, 5.74) is 2.00. The minimum Gasteiger partial charge on any atom is -0.352 e. The molecule has 0 saturated carbocycles. The number of nitrogens with zero attached hydrogens (tertiary/aromatic N) is 2. The fourth-order valence-corrected chi connectivity index (χ4v) is 4.70. The molecule has 0 radical (unpaired) electrons. The van der Waals surface area contributed by atoms with Crippen molar-refractivity contribution in [2.45, 2.75) is 52.7 Å². The van der Waals surface area contributed by atoms with Gasteiger partial charge in [-0.3, -0.25) is 13.9 Å². The maximum Gasteiger partial charge on any atom is 0.244 e. The highest BCUT2D eigenvalue weighted by molar-refractivity contribution is 7.92. The first kappa shape index (κ1) is 28.0. The number of sulfonamides is 1. The molecule has 0 aliphatic carbocycles. The monoisotopic (exact) mass is 527 g/mol. The molecule has 0 saturated heterocycles. The van der Waals surface area contributed by atoms with E-state index in [-0.39, 0.29) is 34.2 Å². The largest absolute Gasteiger partial charge is 0.352 e. The minimum absolute atomic E-state index is 0.0630. The van der Waals surface area contributed by atoms with E-state index in [4.69, 9.17) is 23.2 Å². The normalized spacial score (nSPS) is 13.1. The lowest BCUT2D eigenvalue weighted by molar-refractivity contribution is -0.139. The van der Waals surface area contributed by atoms with Crippen LogP contribution in [0.15, 0.2) is 42.5 Å². The maximum atomic E-state index is 13.5. The third-order valence-corrected chi connectivity index (χ3v) is 7.00. The van der Waals surface area contributed by atoms with Gasteiger partial charge in [-0.1, -0.05) is 60.0 Å². The highest BCUT2D eigenvalue weighted by atomic mass is 35.5. The summed E-state index contributed by atoms with van der Waals surface area (Å²) in [6, 6.07) is 11.0. The second-order valence-corrected chi connectivity index (χ2v) is 11.2. The van der Waals surface area contributed by atoms with E-state index in [1.807, 2.05) is 45.0 Å². The summed E-state index contributed by atoms with van der Waals surface area (Å²) >= 11 is 12.1. The van der Waals surface area contributed by atoms with Crippen LogP contribution in [0.5, 0.6) is 0 Å². The molecular weight excluding hydrogens is 497 g/mol. The van der Waals surface area contributed by atoms with E-state index < -0.39 is 28.5 Å². The third kappa shape index (κ3) is 7.89. The zero-order valence-electron chi connectivity index (χ0n) is 20.0. The average Bonchev–Trinajstić information content (AvgIpc) is 2.73. The van der Waals surface area contributed by atoms with E-state index >= 15 is 0 Å². The third-order valence-electron chi connectivity index (χ3n) is 5.42. The van der Waals surface area contributed by atoms with Gasteiger partial charge in [-0.2, -0.15) is 0 Å². The fourth-order valence-electron chi connectivity index (χ4n) is 3.35. The lowest BCUT2D eigenvalue weighted by Gasteiger charge is -2.32. The van der Waals surface area contributed by atoms with Crippen LogP contribution >= 0.6 is 23.2 Å². The van der Waals surface area contributed by atoms with Gasteiger partial charge in [0.2, 0.25) is 21.8 Å². The van der Waals surface area contributed by atoms with Crippen molar-refractivity contribution >= 4 is 50.7 Å². The Morgan fingerprint density at radius 2 is 1.68 bits per heavy atom. The molecule has 2 atom stereocenters. The molecule has 0 heterocycles. The first-order chi connectivity index (χ1) is 15.8. The molecule has 0 aromatic heterocycles. The zero-order chi connectivity index (χ0) is 25.6. The van der Waals surface area contributed by atoms with Crippen molar-refractivity contribution in [3.05, 3.63) is 63.6 Å². The Morgan fingerprint density at radius 3 is 2.21 bits per heavy atom. The number of rotatable bonds is 10. The summed E-state index contributed by atoms with van der Waals surface area (Å²) in [6.45, 7) is 7.03. The predicted octanol–water partition coefficient (Wildman–Crippen LogP) is 4.40. The number of amides is 2. The van der Waals surface area contributed by atoms with Gasteiger partial charge in [0.1, 0.15) is 12.6 Å². The highest BCUT2D eigenvalue weighted by Gasteiger charge is 2.30. The summed E-state index contributed by atoms with van der Waals surface area (Å²) in [5, 5.41) is 3.37. The van der Waals surface area contributed by atoms with Crippen LogP contribution in [0.4, 0.5) is 5.69 Å². The van der Waals surface area contributed by atoms with E-state index in [9.17, 15) is 18.0 Å². The van der Waals surface area contributed by atoms with Gasteiger partial charge in [0.25, 0.3) is 0 Å². The molecule has 2 amide bonds. The first-order valence-corrected chi connectivity index (χ1v) is 13.5. The van der Waals surface area contributed by atoms with Gasteiger partial charge in [-0.15, -0.1) is 0 Å². The maximum absolute atomic E-state index is 13.5.